The first kappa shape index (κ1) is 18.9. The average molecular weight is 389 g/mol. The quantitative estimate of drug-likeness (QED) is 0.686. The predicted molar refractivity (Wildman–Crippen MR) is 110 cm³/mol. The maximum absolute atomic E-state index is 13.1. The number of aryl methyl sites for hydroxylation is 2. The third-order valence-corrected chi connectivity index (χ3v) is 5.31. The molecule has 6 nitrogen and oxygen atoms in total. The zero-order valence-corrected chi connectivity index (χ0v) is 16.5. The topological polar surface area (TPSA) is 66.7 Å². The van der Waals surface area contributed by atoms with Crippen molar-refractivity contribution in [3.05, 3.63) is 83.6 Å². The SMILES string of the molecule is Cc1ccc(N2C[C@H](Cc3ccccc3)N(C(=O)c3ncoc3C)CC2=O)cc1. The summed E-state index contributed by atoms with van der Waals surface area (Å²) in [6.07, 6.45) is 1.91. The Balaban J connectivity index is 1.65. The second kappa shape index (κ2) is 7.91. The molecule has 2 aromatic carbocycles. The lowest BCUT2D eigenvalue weighted by atomic mass is 10.0. The molecule has 4 rings (SSSR count). The number of anilines is 1. The van der Waals surface area contributed by atoms with Crippen LogP contribution in [-0.2, 0) is 11.2 Å². The smallest absolute Gasteiger partial charge is 0.276 e. The summed E-state index contributed by atoms with van der Waals surface area (Å²) in [7, 11) is 0. The molecule has 1 atom stereocenters. The van der Waals surface area contributed by atoms with Crippen molar-refractivity contribution in [1.29, 1.82) is 0 Å². The minimum absolute atomic E-state index is 0.0104. The van der Waals surface area contributed by atoms with Crippen LogP contribution in [0.3, 0.4) is 0 Å². The summed E-state index contributed by atoms with van der Waals surface area (Å²) >= 11 is 0. The second-order valence-corrected chi connectivity index (χ2v) is 7.37. The molecule has 148 valence electrons. The molecular formula is C23H23N3O3. The van der Waals surface area contributed by atoms with Gasteiger partial charge in [-0.15, -0.1) is 0 Å². The molecule has 6 heteroatoms. The van der Waals surface area contributed by atoms with Gasteiger partial charge in [0.1, 0.15) is 12.3 Å². The van der Waals surface area contributed by atoms with Crippen molar-refractivity contribution in [3.63, 3.8) is 0 Å². The van der Waals surface area contributed by atoms with Gasteiger partial charge in [-0.25, -0.2) is 4.98 Å². The van der Waals surface area contributed by atoms with Gasteiger partial charge >= 0.3 is 0 Å². The first-order chi connectivity index (χ1) is 14.0. The van der Waals surface area contributed by atoms with E-state index < -0.39 is 0 Å². The van der Waals surface area contributed by atoms with Crippen LogP contribution >= 0.6 is 0 Å². The Morgan fingerprint density at radius 2 is 1.83 bits per heavy atom. The highest BCUT2D eigenvalue weighted by Crippen LogP contribution is 2.24. The molecule has 2 amide bonds. The molecular weight excluding hydrogens is 366 g/mol. The monoisotopic (exact) mass is 389 g/mol. The lowest BCUT2D eigenvalue weighted by Gasteiger charge is -2.41. The molecule has 0 bridgehead atoms. The van der Waals surface area contributed by atoms with Crippen molar-refractivity contribution in [1.82, 2.24) is 9.88 Å². The number of aromatic nitrogens is 1. The minimum Gasteiger partial charge on any atom is -0.448 e. The maximum atomic E-state index is 13.1. The van der Waals surface area contributed by atoms with E-state index in [1.165, 1.54) is 6.39 Å². The summed E-state index contributed by atoms with van der Waals surface area (Å²) in [5.41, 5.74) is 3.37. The van der Waals surface area contributed by atoms with Crippen LogP contribution < -0.4 is 4.90 Å². The number of hydrogen-bond donors (Lipinski definition) is 0. The van der Waals surface area contributed by atoms with Crippen molar-refractivity contribution in [2.45, 2.75) is 26.3 Å². The highest BCUT2D eigenvalue weighted by Gasteiger charge is 2.37. The maximum Gasteiger partial charge on any atom is 0.276 e. The third kappa shape index (κ3) is 3.92. The summed E-state index contributed by atoms with van der Waals surface area (Å²) in [6.45, 7) is 4.16. The van der Waals surface area contributed by atoms with Gasteiger partial charge in [0, 0.05) is 12.2 Å². The van der Waals surface area contributed by atoms with E-state index in [0.29, 0.717) is 18.7 Å². The molecule has 3 aromatic rings. The van der Waals surface area contributed by atoms with E-state index in [4.69, 9.17) is 4.42 Å². The van der Waals surface area contributed by atoms with Crippen LogP contribution in [-0.4, -0.2) is 40.8 Å². The zero-order chi connectivity index (χ0) is 20.4. The minimum atomic E-state index is -0.269. The van der Waals surface area contributed by atoms with Crippen LogP contribution in [0.4, 0.5) is 5.69 Å². The van der Waals surface area contributed by atoms with Crippen molar-refractivity contribution in [2.24, 2.45) is 0 Å². The summed E-state index contributed by atoms with van der Waals surface area (Å²) in [5.74, 6) is 0.0867. The average Bonchev–Trinajstić information content (AvgIpc) is 3.16. The van der Waals surface area contributed by atoms with E-state index in [-0.39, 0.29) is 30.1 Å². The number of nitrogens with zero attached hydrogens (tertiary/aromatic N) is 3. The van der Waals surface area contributed by atoms with Gasteiger partial charge in [0.05, 0.1) is 6.04 Å². The van der Waals surface area contributed by atoms with Crippen LogP contribution in [0.25, 0.3) is 0 Å². The molecule has 29 heavy (non-hydrogen) atoms. The van der Waals surface area contributed by atoms with Crippen molar-refractivity contribution in [3.8, 4) is 0 Å². The van der Waals surface area contributed by atoms with E-state index in [1.54, 1.807) is 16.7 Å². The van der Waals surface area contributed by atoms with Gasteiger partial charge in [0.2, 0.25) is 5.91 Å². The fraction of sp³-hybridized carbons (Fsp3) is 0.261. The lowest BCUT2D eigenvalue weighted by Crippen LogP contribution is -2.59. The van der Waals surface area contributed by atoms with E-state index in [9.17, 15) is 9.59 Å². The number of benzene rings is 2. The molecule has 1 aliphatic heterocycles. The van der Waals surface area contributed by atoms with Gasteiger partial charge < -0.3 is 14.2 Å². The fourth-order valence-corrected chi connectivity index (χ4v) is 3.69. The molecule has 0 spiro atoms. The van der Waals surface area contributed by atoms with Gasteiger partial charge in [-0.3, -0.25) is 9.59 Å². The first-order valence-electron chi connectivity index (χ1n) is 9.65. The van der Waals surface area contributed by atoms with E-state index >= 15 is 0 Å². The lowest BCUT2D eigenvalue weighted by molar-refractivity contribution is -0.121. The molecule has 0 saturated carbocycles. The van der Waals surface area contributed by atoms with Crippen LogP contribution in [0.5, 0.6) is 0 Å². The molecule has 1 aromatic heterocycles. The Hall–Kier alpha value is -3.41. The second-order valence-electron chi connectivity index (χ2n) is 7.37. The molecule has 1 aliphatic rings. The van der Waals surface area contributed by atoms with Crippen LogP contribution in [0.1, 0.15) is 27.4 Å². The molecule has 0 aliphatic carbocycles. The zero-order valence-electron chi connectivity index (χ0n) is 16.5. The molecule has 0 N–H and O–H groups in total. The van der Waals surface area contributed by atoms with Crippen LogP contribution in [0.15, 0.2) is 65.4 Å². The van der Waals surface area contributed by atoms with Crippen molar-refractivity contribution >= 4 is 17.5 Å². The Morgan fingerprint density at radius 1 is 1.10 bits per heavy atom. The summed E-state index contributed by atoms with van der Waals surface area (Å²) < 4.78 is 5.20. The van der Waals surface area contributed by atoms with Crippen molar-refractivity contribution in [2.75, 3.05) is 18.0 Å². The highest BCUT2D eigenvalue weighted by atomic mass is 16.3. The fourth-order valence-electron chi connectivity index (χ4n) is 3.69. The number of amides is 2. The Bertz CT molecular complexity index is 1010. The Labute approximate surface area is 169 Å². The summed E-state index contributed by atoms with van der Waals surface area (Å²) in [5, 5.41) is 0. The largest absolute Gasteiger partial charge is 0.448 e. The summed E-state index contributed by atoms with van der Waals surface area (Å²) in [6, 6.07) is 17.7. The molecule has 1 saturated heterocycles. The number of oxazole rings is 1. The molecule has 0 unspecified atom stereocenters. The number of carbonyl (C=O) groups excluding carboxylic acids is 2. The summed E-state index contributed by atoms with van der Waals surface area (Å²) in [4.78, 5) is 33.5. The predicted octanol–water partition coefficient (Wildman–Crippen LogP) is 3.39. The van der Waals surface area contributed by atoms with Crippen LogP contribution in [0.2, 0.25) is 0 Å². The van der Waals surface area contributed by atoms with Gasteiger partial charge in [-0.2, -0.15) is 0 Å². The van der Waals surface area contributed by atoms with E-state index in [0.717, 1.165) is 16.8 Å². The first-order valence-corrected chi connectivity index (χ1v) is 9.65. The molecule has 1 fully saturated rings. The van der Waals surface area contributed by atoms with Gasteiger partial charge in [0.15, 0.2) is 12.1 Å². The third-order valence-electron chi connectivity index (χ3n) is 5.31. The molecule has 0 radical (unpaired) electrons. The number of hydrogen-bond acceptors (Lipinski definition) is 4. The molecule has 2 heterocycles. The number of piperazine rings is 1. The van der Waals surface area contributed by atoms with E-state index in [2.05, 4.69) is 4.98 Å². The van der Waals surface area contributed by atoms with Gasteiger partial charge in [0.25, 0.3) is 5.91 Å². The van der Waals surface area contributed by atoms with Crippen LogP contribution in [0, 0.1) is 13.8 Å². The Morgan fingerprint density at radius 3 is 2.48 bits per heavy atom. The Kier molecular flexibility index (Phi) is 5.16. The van der Waals surface area contributed by atoms with Gasteiger partial charge in [-0.1, -0.05) is 48.0 Å². The van der Waals surface area contributed by atoms with Crippen molar-refractivity contribution < 1.29 is 14.0 Å². The standard InChI is InChI=1S/C23H23N3O3/c1-16-8-10-19(11-9-16)25-13-20(12-18-6-4-3-5-7-18)26(14-21(25)27)23(28)22-17(2)29-15-24-22/h3-11,15,20H,12-14H2,1-2H3/t20-/m0/s1. The van der Waals surface area contributed by atoms with E-state index in [1.807, 2.05) is 61.5 Å². The van der Waals surface area contributed by atoms with Gasteiger partial charge in [-0.05, 0) is 38.0 Å². The normalized spacial score (nSPS) is 16.9. The number of carbonyl (C=O) groups is 2. The highest BCUT2D eigenvalue weighted by molar-refractivity contribution is 6.01. The number of rotatable bonds is 4.